The lowest BCUT2D eigenvalue weighted by Gasteiger charge is -1.97. The minimum absolute atomic E-state index is 0.557. The van der Waals surface area contributed by atoms with Crippen LogP contribution in [0.3, 0.4) is 0 Å². The van der Waals surface area contributed by atoms with E-state index in [9.17, 15) is 0 Å². The molecule has 2 heterocycles. The number of para-hydroxylation sites is 1. The first-order valence-electron chi connectivity index (χ1n) is 7.84. The zero-order valence-corrected chi connectivity index (χ0v) is 13.2. The number of hydrogen-bond acceptors (Lipinski definition) is 0. The summed E-state index contributed by atoms with van der Waals surface area (Å²) < 4.78 is 0. The third-order valence-electron chi connectivity index (χ3n) is 4.31. The van der Waals surface area contributed by atoms with E-state index in [1.54, 1.807) is 0 Å². The molecule has 2 nitrogen and oxygen atoms in total. The molecule has 2 aromatic carbocycles. The Bertz CT molecular complexity index is 1010. The fourth-order valence-corrected chi connectivity index (χ4v) is 3.20. The van der Waals surface area contributed by atoms with Crippen LogP contribution in [0.4, 0.5) is 0 Å². The average Bonchev–Trinajstić information content (AvgIpc) is 2.99. The van der Waals surface area contributed by atoms with E-state index < -0.39 is 0 Å². The van der Waals surface area contributed by atoms with Crippen molar-refractivity contribution in [1.29, 1.82) is 0 Å². The Hall–Kier alpha value is -2.48. The number of H-pyrrole nitrogens is 2. The van der Waals surface area contributed by atoms with Gasteiger partial charge in [-0.05, 0) is 31.0 Å². The summed E-state index contributed by atoms with van der Waals surface area (Å²) in [5.41, 5.74) is 6.12. The summed E-state index contributed by atoms with van der Waals surface area (Å²) in [6, 6.07) is 13.0. The molecular formula is C20H20N2. The molecule has 0 bridgehead atoms. The predicted octanol–water partition coefficient (Wildman–Crippen LogP) is 5.78. The van der Waals surface area contributed by atoms with E-state index >= 15 is 0 Å². The van der Waals surface area contributed by atoms with Crippen molar-refractivity contribution in [3.8, 4) is 0 Å². The van der Waals surface area contributed by atoms with Gasteiger partial charge >= 0.3 is 0 Å². The second-order valence-electron chi connectivity index (χ2n) is 6.38. The Morgan fingerprint density at radius 1 is 0.864 bits per heavy atom. The summed E-state index contributed by atoms with van der Waals surface area (Å²) in [7, 11) is 0. The first kappa shape index (κ1) is 13.2. The van der Waals surface area contributed by atoms with Gasteiger partial charge in [-0.15, -0.1) is 0 Å². The van der Waals surface area contributed by atoms with E-state index in [0.29, 0.717) is 5.92 Å². The van der Waals surface area contributed by atoms with Crippen molar-refractivity contribution in [2.24, 2.45) is 5.92 Å². The van der Waals surface area contributed by atoms with Crippen LogP contribution in [0.2, 0.25) is 0 Å². The Kier molecular flexibility index (Phi) is 2.86. The Balaban J connectivity index is 2.03. The van der Waals surface area contributed by atoms with Gasteiger partial charge < -0.3 is 9.97 Å². The Labute approximate surface area is 129 Å². The number of fused-ring (bicyclic) bond motifs is 4. The molecule has 4 rings (SSSR count). The summed E-state index contributed by atoms with van der Waals surface area (Å²) >= 11 is 0. The van der Waals surface area contributed by atoms with Crippen molar-refractivity contribution < 1.29 is 0 Å². The van der Waals surface area contributed by atoms with Gasteiger partial charge in [0.25, 0.3) is 0 Å². The summed E-state index contributed by atoms with van der Waals surface area (Å²) in [6.07, 6.45) is 4.50. The maximum Gasteiger partial charge on any atom is 0.0472 e. The van der Waals surface area contributed by atoms with Crippen molar-refractivity contribution in [1.82, 2.24) is 9.97 Å². The molecule has 4 aromatic rings. The lowest BCUT2D eigenvalue weighted by molar-refractivity contribution is 0.836. The number of hydrogen-bond donors (Lipinski definition) is 2. The molecule has 0 aliphatic heterocycles. The smallest absolute Gasteiger partial charge is 0.0472 e. The van der Waals surface area contributed by atoms with E-state index in [-0.39, 0.29) is 0 Å². The van der Waals surface area contributed by atoms with Crippen LogP contribution in [0.1, 0.15) is 25.1 Å². The number of allylic oxidation sites excluding steroid dienone is 1. The van der Waals surface area contributed by atoms with Crippen LogP contribution in [0.15, 0.2) is 42.5 Å². The van der Waals surface area contributed by atoms with Crippen LogP contribution in [0.25, 0.3) is 38.8 Å². The minimum atomic E-state index is 0.557. The topological polar surface area (TPSA) is 31.6 Å². The summed E-state index contributed by atoms with van der Waals surface area (Å²) in [6.45, 7) is 6.56. The summed E-state index contributed by atoms with van der Waals surface area (Å²) in [4.78, 5) is 7.07. The molecule has 0 aliphatic rings. The predicted molar refractivity (Wildman–Crippen MR) is 96.3 cm³/mol. The van der Waals surface area contributed by atoms with Gasteiger partial charge in [-0.1, -0.05) is 44.2 Å². The molecule has 2 aromatic heterocycles. The zero-order chi connectivity index (χ0) is 15.3. The molecule has 0 amide bonds. The highest BCUT2D eigenvalue weighted by Gasteiger charge is 2.10. The molecule has 2 heteroatoms. The van der Waals surface area contributed by atoms with Gasteiger partial charge in [0.1, 0.15) is 0 Å². The fraction of sp³-hybridized carbons (Fsp3) is 0.200. The first-order valence-corrected chi connectivity index (χ1v) is 7.84. The van der Waals surface area contributed by atoms with Crippen molar-refractivity contribution >= 4 is 38.8 Å². The highest BCUT2D eigenvalue weighted by molar-refractivity contribution is 6.12. The number of benzene rings is 2. The van der Waals surface area contributed by atoms with Crippen molar-refractivity contribution in [3.05, 3.63) is 53.7 Å². The van der Waals surface area contributed by atoms with E-state index in [1.807, 2.05) is 0 Å². The lowest BCUT2D eigenvalue weighted by Crippen LogP contribution is -1.79. The second-order valence-corrected chi connectivity index (χ2v) is 6.38. The quantitative estimate of drug-likeness (QED) is 0.468. The van der Waals surface area contributed by atoms with Gasteiger partial charge in [-0.25, -0.2) is 0 Å². The van der Waals surface area contributed by atoms with Crippen LogP contribution in [0.5, 0.6) is 0 Å². The third kappa shape index (κ3) is 1.95. The van der Waals surface area contributed by atoms with E-state index in [4.69, 9.17) is 0 Å². The van der Waals surface area contributed by atoms with Gasteiger partial charge in [0, 0.05) is 44.0 Å². The molecule has 0 fully saturated rings. The molecule has 0 radical (unpaired) electrons. The van der Waals surface area contributed by atoms with Crippen LogP contribution >= 0.6 is 0 Å². The lowest BCUT2D eigenvalue weighted by atomic mass is 10.1. The fourth-order valence-electron chi connectivity index (χ4n) is 3.20. The van der Waals surface area contributed by atoms with Gasteiger partial charge in [0.2, 0.25) is 0 Å². The van der Waals surface area contributed by atoms with Gasteiger partial charge in [-0.3, -0.25) is 0 Å². The van der Waals surface area contributed by atoms with E-state index in [0.717, 1.165) is 0 Å². The van der Waals surface area contributed by atoms with Crippen molar-refractivity contribution in [3.63, 3.8) is 0 Å². The molecule has 22 heavy (non-hydrogen) atoms. The molecule has 0 spiro atoms. The maximum atomic E-state index is 3.53. The molecule has 110 valence electrons. The first-order chi connectivity index (χ1) is 10.6. The monoisotopic (exact) mass is 288 g/mol. The van der Waals surface area contributed by atoms with Crippen LogP contribution in [0, 0.1) is 12.8 Å². The van der Waals surface area contributed by atoms with Gasteiger partial charge in [0.05, 0.1) is 0 Å². The SMILES string of the molecule is Cc1[nH]c2cc3c(cc2c1/C=C\C(C)C)[nH]c1ccccc13. The van der Waals surface area contributed by atoms with E-state index in [1.165, 1.54) is 44.0 Å². The highest BCUT2D eigenvalue weighted by Crippen LogP contribution is 2.32. The Morgan fingerprint density at radius 3 is 2.41 bits per heavy atom. The second kappa shape index (κ2) is 4.77. The number of aromatic nitrogens is 2. The van der Waals surface area contributed by atoms with Crippen molar-refractivity contribution in [2.45, 2.75) is 20.8 Å². The molecule has 0 unspecified atom stereocenters. The van der Waals surface area contributed by atoms with Gasteiger partial charge in [0.15, 0.2) is 0 Å². The number of aryl methyl sites for hydroxylation is 1. The van der Waals surface area contributed by atoms with Crippen molar-refractivity contribution in [2.75, 3.05) is 0 Å². The van der Waals surface area contributed by atoms with E-state index in [2.05, 4.69) is 79.3 Å². The number of aromatic amines is 2. The maximum absolute atomic E-state index is 3.53. The molecule has 0 saturated heterocycles. The summed E-state index contributed by atoms with van der Waals surface area (Å²) in [5, 5.41) is 3.85. The standard InChI is InChI=1S/C20H20N2/c1-12(2)8-9-14-13(3)21-19-11-17-15-6-4-5-7-18(15)22-20(17)10-16(14)19/h4-12,21-22H,1-3H3/b9-8-. The van der Waals surface area contributed by atoms with Crippen LogP contribution < -0.4 is 0 Å². The number of nitrogens with one attached hydrogen (secondary N) is 2. The molecule has 0 aliphatic carbocycles. The molecule has 0 saturated carbocycles. The minimum Gasteiger partial charge on any atom is -0.358 e. The highest BCUT2D eigenvalue weighted by atomic mass is 14.7. The molecule has 0 atom stereocenters. The van der Waals surface area contributed by atoms with Gasteiger partial charge in [-0.2, -0.15) is 0 Å². The van der Waals surface area contributed by atoms with Crippen LogP contribution in [-0.2, 0) is 0 Å². The normalized spacial score (nSPS) is 12.5. The largest absolute Gasteiger partial charge is 0.358 e. The molecular weight excluding hydrogens is 268 g/mol. The molecule has 2 N–H and O–H groups in total. The van der Waals surface area contributed by atoms with Crippen LogP contribution in [-0.4, -0.2) is 9.97 Å². The Morgan fingerprint density at radius 2 is 1.59 bits per heavy atom. The zero-order valence-electron chi connectivity index (χ0n) is 13.2. The average molecular weight is 288 g/mol. The summed E-state index contributed by atoms with van der Waals surface area (Å²) in [5.74, 6) is 0.557. The number of rotatable bonds is 2. The third-order valence-corrected chi connectivity index (χ3v) is 4.31.